The SMILES string of the molecule is O=[N+]([O-])c1ccc2c(c1)cc(O)n2Cl. The summed E-state index contributed by atoms with van der Waals surface area (Å²) in [6, 6.07) is 5.55. The minimum atomic E-state index is -0.498. The van der Waals surface area contributed by atoms with Crippen LogP contribution in [0.1, 0.15) is 0 Å². The molecule has 0 spiro atoms. The molecule has 2 rings (SSSR count). The Morgan fingerprint density at radius 1 is 1.43 bits per heavy atom. The van der Waals surface area contributed by atoms with Gasteiger partial charge in [0.15, 0.2) is 0 Å². The van der Waals surface area contributed by atoms with E-state index in [9.17, 15) is 15.2 Å². The molecule has 0 fully saturated rings. The molecule has 0 aliphatic rings. The second kappa shape index (κ2) is 2.88. The zero-order valence-electron chi connectivity index (χ0n) is 6.85. The minimum absolute atomic E-state index is 0.0280. The summed E-state index contributed by atoms with van der Waals surface area (Å²) in [6.07, 6.45) is 0. The molecule has 1 aromatic carbocycles. The van der Waals surface area contributed by atoms with Gasteiger partial charge in [-0.25, -0.2) is 4.09 Å². The molecule has 2 aromatic rings. The van der Waals surface area contributed by atoms with Crippen LogP contribution in [0, 0.1) is 10.1 Å². The van der Waals surface area contributed by atoms with Crippen LogP contribution in [0.25, 0.3) is 10.9 Å². The van der Waals surface area contributed by atoms with E-state index in [4.69, 9.17) is 11.8 Å². The summed E-state index contributed by atoms with van der Waals surface area (Å²) in [5.41, 5.74) is 0.509. The van der Waals surface area contributed by atoms with Crippen molar-refractivity contribution in [3.05, 3.63) is 34.4 Å². The van der Waals surface area contributed by atoms with Crippen molar-refractivity contribution in [2.24, 2.45) is 0 Å². The lowest BCUT2D eigenvalue weighted by Crippen LogP contribution is -1.86. The molecule has 0 amide bonds. The van der Waals surface area contributed by atoms with E-state index >= 15 is 0 Å². The van der Waals surface area contributed by atoms with Gasteiger partial charge in [-0.15, -0.1) is 0 Å². The van der Waals surface area contributed by atoms with Crippen LogP contribution in [0.3, 0.4) is 0 Å². The number of aromatic nitrogens is 1. The molecule has 0 unspecified atom stereocenters. The summed E-state index contributed by atoms with van der Waals surface area (Å²) < 4.78 is 1.04. The van der Waals surface area contributed by atoms with Gasteiger partial charge in [0, 0.05) is 35.4 Å². The summed E-state index contributed by atoms with van der Waals surface area (Å²) in [4.78, 5) is 9.94. The molecule has 72 valence electrons. The average Bonchev–Trinajstić information content (AvgIpc) is 2.42. The van der Waals surface area contributed by atoms with Gasteiger partial charge in [0.25, 0.3) is 5.69 Å². The smallest absolute Gasteiger partial charge is 0.270 e. The minimum Gasteiger partial charge on any atom is -0.494 e. The van der Waals surface area contributed by atoms with Gasteiger partial charge in [-0.3, -0.25) is 10.1 Å². The van der Waals surface area contributed by atoms with Gasteiger partial charge in [0.05, 0.1) is 10.4 Å². The monoisotopic (exact) mass is 212 g/mol. The molecule has 0 aliphatic carbocycles. The van der Waals surface area contributed by atoms with Crippen LogP contribution >= 0.6 is 11.8 Å². The number of nitro groups is 1. The molecule has 0 saturated carbocycles. The number of nitro benzene ring substituents is 1. The highest BCUT2D eigenvalue weighted by Gasteiger charge is 2.10. The standard InChI is InChI=1S/C8H5ClN2O3/c9-10-7-2-1-6(11(13)14)3-5(7)4-8(10)12/h1-4,12H. The second-order valence-electron chi connectivity index (χ2n) is 2.78. The van der Waals surface area contributed by atoms with E-state index in [1.54, 1.807) is 0 Å². The van der Waals surface area contributed by atoms with E-state index in [1.807, 2.05) is 0 Å². The zero-order chi connectivity index (χ0) is 10.3. The number of aromatic hydroxyl groups is 1. The summed E-state index contributed by atoms with van der Waals surface area (Å²) in [5, 5.41) is 20.2. The predicted molar refractivity (Wildman–Crippen MR) is 51.5 cm³/mol. The molecule has 0 saturated heterocycles. The fourth-order valence-corrected chi connectivity index (χ4v) is 1.47. The Morgan fingerprint density at radius 3 is 2.79 bits per heavy atom. The molecule has 0 aliphatic heterocycles. The molecular formula is C8H5ClN2O3. The van der Waals surface area contributed by atoms with E-state index < -0.39 is 4.92 Å². The lowest BCUT2D eigenvalue weighted by atomic mass is 10.2. The highest BCUT2D eigenvalue weighted by Crippen LogP contribution is 2.28. The van der Waals surface area contributed by atoms with Gasteiger partial charge in [0.2, 0.25) is 5.88 Å². The van der Waals surface area contributed by atoms with E-state index in [1.165, 1.54) is 24.3 Å². The van der Waals surface area contributed by atoms with Crippen molar-refractivity contribution in [1.29, 1.82) is 0 Å². The van der Waals surface area contributed by atoms with Crippen LogP contribution in [0.2, 0.25) is 0 Å². The number of hydrogen-bond donors (Lipinski definition) is 1. The zero-order valence-corrected chi connectivity index (χ0v) is 7.60. The maximum Gasteiger partial charge on any atom is 0.270 e. The number of halogens is 1. The summed E-state index contributed by atoms with van der Waals surface area (Å²) in [7, 11) is 0. The molecule has 6 heteroatoms. The molecule has 14 heavy (non-hydrogen) atoms. The van der Waals surface area contributed by atoms with E-state index in [0.29, 0.717) is 10.9 Å². The second-order valence-corrected chi connectivity index (χ2v) is 3.12. The maximum absolute atomic E-state index is 10.4. The molecule has 1 aromatic heterocycles. The first-order valence-electron chi connectivity index (χ1n) is 3.74. The van der Waals surface area contributed by atoms with Gasteiger partial charge < -0.3 is 5.11 Å². The summed E-state index contributed by atoms with van der Waals surface area (Å²) in [5.74, 6) is -0.137. The number of nitrogens with zero attached hydrogens (tertiary/aromatic N) is 2. The Bertz CT molecular complexity index is 521. The lowest BCUT2D eigenvalue weighted by Gasteiger charge is -1.93. The first-order valence-corrected chi connectivity index (χ1v) is 4.08. The van der Waals surface area contributed by atoms with Crippen LogP contribution in [0.15, 0.2) is 24.3 Å². The van der Waals surface area contributed by atoms with Gasteiger partial charge in [0.1, 0.15) is 0 Å². The number of fused-ring (bicyclic) bond motifs is 1. The number of rotatable bonds is 1. The van der Waals surface area contributed by atoms with Gasteiger partial charge >= 0.3 is 0 Å². The van der Waals surface area contributed by atoms with Crippen LogP contribution in [0.5, 0.6) is 5.88 Å². The van der Waals surface area contributed by atoms with Crippen LogP contribution in [0.4, 0.5) is 5.69 Å². The first kappa shape index (κ1) is 8.83. The van der Waals surface area contributed by atoms with Crippen LogP contribution < -0.4 is 0 Å². The Balaban J connectivity index is 2.73. The van der Waals surface area contributed by atoms with E-state index in [-0.39, 0.29) is 11.6 Å². The largest absolute Gasteiger partial charge is 0.494 e. The third kappa shape index (κ3) is 1.18. The molecular weight excluding hydrogens is 208 g/mol. The molecule has 0 atom stereocenters. The number of non-ortho nitro benzene ring substituents is 1. The lowest BCUT2D eigenvalue weighted by molar-refractivity contribution is -0.384. The molecule has 1 heterocycles. The van der Waals surface area contributed by atoms with Crippen molar-refractivity contribution < 1.29 is 10.0 Å². The van der Waals surface area contributed by atoms with Crippen molar-refractivity contribution in [2.75, 3.05) is 0 Å². The maximum atomic E-state index is 10.4. The molecule has 1 N–H and O–H groups in total. The highest BCUT2D eigenvalue weighted by molar-refractivity contribution is 6.20. The van der Waals surface area contributed by atoms with Gasteiger partial charge in [-0.05, 0) is 6.07 Å². The summed E-state index contributed by atoms with van der Waals surface area (Å²) >= 11 is 5.67. The highest BCUT2D eigenvalue weighted by atomic mass is 35.5. The number of benzene rings is 1. The summed E-state index contributed by atoms with van der Waals surface area (Å²) in [6.45, 7) is 0. The Morgan fingerprint density at radius 2 is 2.14 bits per heavy atom. The van der Waals surface area contributed by atoms with Crippen LogP contribution in [-0.2, 0) is 0 Å². The molecule has 5 nitrogen and oxygen atoms in total. The molecule has 0 bridgehead atoms. The third-order valence-corrected chi connectivity index (χ3v) is 2.27. The van der Waals surface area contributed by atoms with Crippen molar-refractivity contribution in [1.82, 2.24) is 4.09 Å². The Labute approximate surface area is 83.4 Å². The van der Waals surface area contributed by atoms with Gasteiger partial charge in [-0.1, -0.05) is 0 Å². The predicted octanol–water partition coefficient (Wildman–Crippen LogP) is 2.26. The normalized spacial score (nSPS) is 10.6. The van der Waals surface area contributed by atoms with E-state index in [2.05, 4.69) is 0 Å². The molecule has 0 radical (unpaired) electrons. The third-order valence-electron chi connectivity index (χ3n) is 1.92. The average molecular weight is 213 g/mol. The Kier molecular flexibility index (Phi) is 1.82. The quantitative estimate of drug-likeness (QED) is 0.582. The van der Waals surface area contributed by atoms with Crippen molar-refractivity contribution in [3.63, 3.8) is 0 Å². The number of hydrogen-bond acceptors (Lipinski definition) is 3. The fraction of sp³-hybridized carbons (Fsp3) is 0. The van der Waals surface area contributed by atoms with Crippen molar-refractivity contribution >= 4 is 28.4 Å². The first-order chi connectivity index (χ1) is 6.59. The fourth-order valence-electron chi connectivity index (χ4n) is 1.27. The van der Waals surface area contributed by atoms with Crippen molar-refractivity contribution in [2.45, 2.75) is 0 Å². The van der Waals surface area contributed by atoms with Crippen LogP contribution in [-0.4, -0.2) is 14.1 Å². The van der Waals surface area contributed by atoms with E-state index in [0.717, 1.165) is 4.09 Å². The van der Waals surface area contributed by atoms with Crippen molar-refractivity contribution in [3.8, 4) is 5.88 Å². The Hall–Kier alpha value is -1.75. The topological polar surface area (TPSA) is 68.3 Å². The van der Waals surface area contributed by atoms with Gasteiger partial charge in [-0.2, -0.15) is 0 Å².